The number of halogens is 2. The van der Waals surface area contributed by atoms with Gasteiger partial charge in [0.2, 0.25) is 0 Å². The maximum Gasteiger partial charge on any atom is 0.387 e. The van der Waals surface area contributed by atoms with Crippen LogP contribution >= 0.6 is 0 Å². The number of alkyl halides is 2. The van der Waals surface area contributed by atoms with Crippen molar-refractivity contribution in [1.82, 2.24) is 14.3 Å². The van der Waals surface area contributed by atoms with E-state index < -0.39 is 6.61 Å². The number of benzene rings is 1. The fourth-order valence-corrected chi connectivity index (χ4v) is 5.83. The minimum Gasteiger partial charge on any atom is -0.496 e. The molecule has 0 spiro atoms. The van der Waals surface area contributed by atoms with E-state index in [4.69, 9.17) is 18.9 Å². The van der Waals surface area contributed by atoms with Gasteiger partial charge in [-0.2, -0.15) is 8.78 Å². The second-order valence-electron chi connectivity index (χ2n) is 10.6. The van der Waals surface area contributed by atoms with E-state index in [1.165, 1.54) is 26.0 Å². The number of pyridine rings is 1. The quantitative estimate of drug-likeness (QED) is 0.230. The Hall–Kier alpha value is -3.24. The van der Waals surface area contributed by atoms with Crippen molar-refractivity contribution in [3.63, 3.8) is 0 Å². The Bertz CT molecular complexity index is 1330. The standard InChI is InChI=1S/C29H33F2N3O5/c1-36-25-12-19(13-26(39-29(30)31)28(25)24(35)11-18-3-4-18)23-15-32-27-14-22(7-9-34(23)27)38-10-2-8-33-20-5-6-21(33)17-37-16-20/h7,9,12-15,18,20-21,29H,2-6,8,10-11,16-17H2,1H3. The average Bonchev–Trinajstić information content (AvgIpc) is 3.59. The van der Waals surface area contributed by atoms with Gasteiger partial charge in [0.05, 0.1) is 38.8 Å². The molecule has 0 amide bonds. The third kappa shape index (κ3) is 5.58. The summed E-state index contributed by atoms with van der Waals surface area (Å²) in [4.78, 5) is 20.0. The molecule has 1 aromatic carbocycles. The zero-order valence-corrected chi connectivity index (χ0v) is 22.0. The molecule has 8 nitrogen and oxygen atoms in total. The summed E-state index contributed by atoms with van der Waals surface area (Å²) in [5.74, 6) is 0.777. The van der Waals surface area contributed by atoms with Crippen molar-refractivity contribution in [3.8, 4) is 28.5 Å². The Morgan fingerprint density at radius 1 is 1.13 bits per heavy atom. The van der Waals surface area contributed by atoms with Crippen molar-refractivity contribution in [2.24, 2.45) is 5.92 Å². The van der Waals surface area contributed by atoms with E-state index in [0.29, 0.717) is 53.7 Å². The van der Waals surface area contributed by atoms with Gasteiger partial charge in [-0.3, -0.25) is 14.1 Å². The maximum absolute atomic E-state index is 13.3. The molecule has 2 atom stereocenters. The Balaban J connectivity index is 1.18. The van der Waals surface area contributed by atoms with E-state index in [-0.39, 0.29) is 22.8 Å². The van der Waals surface area contributed by atoms with Crippen LogP contribution in [0.15, 0.2) is 36.7 Å². The number of carbonyl (C=O) groups is 1. The van der Waals surface area contributed by atoms with E-state index in [1.807, 2.05) is 22.7 Å². The molecular formula is C29H33F2N3O5. The van der Waals surface area contributed by atoms with Crippen molar-refractivity contribution in [2.75, 3.05) is 33.5 Å². The Morgan fingerprint density at radius 3 is 2.62 bits per heavy atom. The summed E-state index contributed by atoms with van der Waals surface area (Å²) in [7, 11) is 1.42. The largest absolute Gasteiger partial charge is 0.496 e. The van der Waals surface area contributed by atoms with Crippen LogP contribution in [0.2, 0.25) is 0 Å². The molecule has 2 unspecified atom stereocenters. The van der Waals surface area contributed by atoms with Crippen LogP contribution in [-0.2, 0) is 4.74 Å². The zero-order valence-electron chi connectivity index (χ0n) is 22.0. The van der Waals surface area contributed by atoms with Crippen LogP contribution in [0.4, 0.5) is 8.78 Å². The van der Waals surface area contributed by atoms with Gasteiger partial charge >= 0.3 is 6.61 Å². The lowest BCUT2D eigenvalue weighted by molar-refractivity contribution is -0.0502. The van der Waals surface area contributed by atoms with E-state index in [0.717, 1.165) is 39.0 Å². The van der Waals surface area contributed by atoms with Gasteiger partial charge in [-0.15, -0.1) is 0 Å². The monoisotopic (exact) mass is 541 g/mol. The number of nitrogens with zero attached hydrogens (tertiary/aromatic N) is 3. The normalized spacial score (nSPS) is 21.0. The second kappa shape index (κ2) is 11.1. The molecule has 2 aliphatic heterocycles. The SMILES string of the molecule is COc1cc(-c2cnc3cc(OCCCN4C5CCC4COC5)ccn23)cc(OC(F)F)c1C(=O)CC1CC1. The van der Waals surface area contributed by atoms with Gasteiger partial charge in [0, 0.05) is 42.9 Å². The van der Waals surface area contributed by atoms with Crippen molar-refractivity contribution >= 4 is 11.4 Å². The molecule has 3 aromatic rings. The first-order valence-electron chi connectivity index (χ1n) is 13.6. The smallest absolute Gasteiger partial charge is 0.387 e. The molecule has 2 bridgehead atoms. The van der Waals surface area contributed by atoms with Gasteiger partial charge in [-0.05, 0) is 56.2 Å². The molecule has 10 heteroatoms. The minimum atomic E-state index is -3.07. The summed E-state index contributed by atoms with van der Waals surface area (Å²) in [6, 6.07) is 7.92. The lowest BCUT2D eigenvalue weighted by Crippen LogP contribution is -2.46. The van der Waals surface area contributed by atoms with Crippen LogP contribution in [0.1, 0.15) is 48.9 Å². The molecule has 208 valence electrons. The van der Waals surface area contributed by atoms with Gasteiger partial charge in [0.15, 0.2) is 5.78 Å². The summed E-state index contributed by atoms with van der Waals surface area (Å²) in [5.41, 5.74) is 1.91. The first-order chi connectivity index (χ1) is 19.0. The summed E-state index contributed by atoms with van der Waals surface area (Å²) in [5, 5.41) is 0. The fraction of sp³-hybridized carbons (Fsp3) is 0.517. The average molecular weight is 542 g/mol. The molecule has 0 N–H and O–H groups in total. The molecule has 3 fully saturated rings. The van der Waals surface area contributed by atoms with E-state index >= 15 is 0 Å². The molecule has 6 rings (SSSR count). The number of Topliss-reactive ketones (excluding diaryl/α,β-unsaturated/α-hetero) is 1. The van der Waals surface area contributed by atoms with E-state index in [9.17, 15) is 13.6 Å². The molecule has 2 aromatic heterocycles. The maximum atomic E-state index is 13.3. The van der Waals surface area contributed by atoms with Crippen molar-refractivity contribution < 1.29 is 32.5 Å². The Labute approximate surface area is 225 Å². The van der Waals surface area contributed by atoms with Gasteiger partial charge in [-0.25, -0.2) is 4.98 Å². The molecule has 4 heterocycles. The number of morpholine rings is 1. The zero-order chi connectivity index (χ0) is 26.9. The predicted molar refractivity (Wildman–Crippen MR) is 140 cm³/mol. The van der Waals surface area contributed by atoms with Crippen LogP contribution < -0.4 is 14.2 Å². The summed E-state index contributed by atoms with van der Waals surface area (Å²) in [6.45, 7) is 0.188. The van der Waals surface area contributed by atoms with Crippen molar-refractivity contribution in [1.29, 1.82) is 0 Å². The topological polar surface area (TPSA) is 74.5 Å². The minimum absolute atomic E-state index is 0.0584. The number of imidazole rings is 1. The van der Waals surface area contributed by atoms with Crippen LogP contribution in [0, 0.1) is 5.92 Å². The van der Waals surface area contributed by atoms with Crippen LogP contribution in [-0.4, -0.2) is 72.2 Å². The van der Waals surface area contributed by atoms with Gasteiger partial charge in [-0.1, -0.05) is 0 Å². The van der Waals surface area contributed by atoms with E-state index in [2.05, 4.69) is 9.88 Å². The predicted octanol–water partition coefficient (Wildman–Crippen LogP) is 5.23. The molecule has 3 aliphatic rings. The fourth-order valence-electron chi connectivity index (χ4n) is 5.83. The van der Waals surface area contributed by atoms with Crippen LogP contribution in [0.5, 0.6) is 17.2 Å². The molecule has 1 aliphatic carbocycles. The van der Waals surface area contributed by atoms with Crippen molar-refractivity contribution in [2.45, 2.75) is 57.2 Å². The van der Waals surface area contributed by atoms with Gasteiger partial charge in [0.25, 0.3) is 0 Å². The molecule has 2 saturated heterocycles. The first-order valence-corrected chi connectivity index (χ1v) is 13.6. The number of methoxy groups -OCH3 is 1. The number of carbonyl (C=O) groups excluding carboxylic acids is 1. The number of ketones is 1. The second-order valence-corrected chi connectivity index (χ2v) is 10.6. The lowest BCUT2D eigenvalue weighted by Gasteiger charge is -2.34. The highest BCUT2D eigenvalue weighted by molar-refractivity contribution is 6.02. The van der Waals surface area contributed by atoms with E-state index in [1.54, 1.807) is 12.3 Å². The van der Waals surface area contributed by atoms with Gasteiger partial charge < -0.3 is 18.9 Å². The number of aromatic nitrogens is 2. The highest BCUT2D eigenvalue weighted by Gasteiger charge is 2.36. The molecular weight excluding hydrogens is 508 g/mol. The first kappa shape index (κ1) is 26.0. The highest BCUT2D eigenvalue weighted by Crippen LogP contribution is 2.40. The third-order valence-electron chi connectivity index (χ3n) is 7.95. The number of ether oxygens (including phenoxy) is 4. The molecule has 1 saturated carbocycles. The summed E-state index contributed by atoms with van der Waals surface area (Å²) >= 11 is 0. The summed E-state index contributed by atoms with van der Waals surface area (Å²) in [6.07, 6.45) is 9.08. The highest BCUT2D eigenvalue weighted by atomic mass is 19.3. The third-order valence-corrected chi connectivity index (χ3v) is 7.95. The number of hydrogen-bond donors (Lipinski definition) is 0. The number of rotatable bonds is 12. The number of hydrogen-bond acceptors (Lipinski definition) is 7. The van der Waals surface area contributed by atoms with Gasteiger partial charge in [0.1, 0.15) is 28.5 Å². The molecule has 0 radical (unpaired) electrons. The summed E-state index contributed by atoms with van der Waals surface area (Å²) < 4.78 is 50.4. The molecule has 39 heavy (non-hydrogen) atoms. The Morgan fingerprint density at radius 2 is 1.90 bits per heavy atom. The van der Waals surface area contributed by atoms with Crippen LogP contribution in [0.25, 0.3) is 16.9 Å². The van der Waals surface area contributed by atoms with Crippen LogP contribution in [0.3, 0.4) is 0 Å². The lowest BCUT2D eigenvalue weighted by atomic mass is 10.00. The Kier molecular flexibility index (Phi) is 7.40. The number of fused-ring (bicyclic) bond motifs is 3. The van der Waals surface area contributed by atoms with Crippen molar-refractivity contribution in [3.05, 3.63) is 42.2 Å².